The van der Waals surface area contributed by atoms with Crippen LogP contribution in [0.1, 0.15) is 25.1 Å². The highest BCUT2D eigenvalue weighted by atomic mass is 15.3. The first kappa shape index (κ1) is 11.3. The van der Waals surface area contributed by atoms with Gasteiger partial charge < -0.3 is 5.73 Å². The number of nitrogens with zero attached hydrogens (tertiary/aromatic N) is 3. The number of nitrogen functional groups attached to an aromatic ring is 1. The van der Waals surface area contributed by atoms with Crippen molar-refractivity contribution < 1.29 is 0 Å². The highest BCUT2D eigenvalue weighted by Crippen LogP contribution is 2.18. The Morgan fingerprint density at radius 3 is 2.80 bits per heavy atom. The van der Waals surface area contributed by atoms with E-state index < -0.39 is 0 Å². The molecule has 0 aliphatic carbocycles. The Balaban J connectivity index is 3.11. The van der Waals surface area contributed by atoms with Gasteiger partial charge in [0.1, 0.15) is 17.5 Å². The molecule has 0 amide bonds. The Kier molecular flexibility index (Phi) is 3.51. The summed E-state index contributed by atoms with van der Waals surface area (Å²) in [7, 11) is 0. The molecule has 0 aliphatic heterocycles. The number of nitriles is 1. The molecule has 2 N–H and O–H groups in total. The largest absolute Gasteiger partial charge is 0.383 e. The SMILES string of the molecule is C=CCn1nc(CC(C)C)c(C#N)c1N. The van der Waals surface area contributed by atoms with Gasteiger partial charge in [0.05, 0.1) is 12.2 Å². The third-order valence-corrected chi connectivity index (χ3v) is 2.08. The third-order valence-electron chi connectivity index (χ3n) is 2.08. The standard InChI is InChI=1S/C11H16N4/c1-4-5-15-11(13)9(7-12)10(14-15)6-8(2)3/h4,8H,1,5-6,13H2,2-3H3. The first-order chi connectivity index (χ1) is 7.10. The van der Waals surface area contributed by atoms with E-state index in [0.717, 1.165) is 12.1 Å². The molecular weight excluding hydrogens is 188 g/mol. The van der Waals surface area contributed by atoms with E-state index in [-0.39, 0.29) is 0 Å². The van der Waals surface area contributed by atoms with Gasteiger partial charge in [-0.05, 0) is 12.3 Å². The lowest BCUT2D eigenvalue weighted by Gasteiger charge is -2.00. The van der Waals surface area contributed by atoms with Crippen LogP contribution >= 0.6 is 0 Å². The molecule has 1 rings (SSSR count). The van der Waals surface area contributed by atoms with Crippen molar-refractivity contribution >= 4 is 5.82 Å². The Morgan fingerprint density at radius 2 is 2.33 bits per heavy atom. The highest BCUT2D eigenvalue weighted by molar-refractivity contribution is 5.52. The molecule has 0 radical (unpaired) electrons. The summed E-state index contributed by atoms with van der Waals surface area (Å²) >= 11 is 0. The molecule has 0 saturated carbocycles. The molecule has 15 heavy (non-hydrogen) atoms. The van der Waals surface area contributed by atoms with Gasteiger partial charge in [0, 0.05) is 0 Å². The van der Waals surface area contributed by atoms with Crippen LogP contribution in [-0.4, -0.2) is 9.78 Å². The van der Waals surface area contributed by atoms with Crippen molar-refractivity contribution in [2.45, 2.75) is 26.8 Å². The molecule has 4 heteroatoms. The zero-order chi connectivity index (χ0) is 11.4. The van der Waals surface area contributed by atoms with Gasteiger partial charge in [-0.25, -0.2) is 4.68 Å². The first-order valence-corrected chi connectivity index (χ1v) is 4.96. The zero-order valence-electron chi connectivity index (χ0n) is 9.20. The van der Waals surface area contributed by atoms with Crippen molar-refractivity contribution in [2.75, 3.05) is 5.73 Å². The minimum Gasteiger partial charge on any atom is -0.383 e. The van der Waals surface area contributed by atoms with Crippen LogP contribution in [0.5, 0.6) is 0 Å². The van der Waals surface area contributed by atoms with Crippen LogP contribution in [0.25, 0.3) is 0 Å². The van der Waals surface area contributed by atoms with Crippen molar-refractivity contribution in [3.8, 4) is 6.07 Å². The third kappa shape index (κ3) is 2.38. The van der Waals surface area contributed by atoms with Gasteiger partial charge in [0.25, 0.3) is 0 Å². The van der Waals surface area contributed by atoms with Gasteiger partial charge >= 0.3 is 0 Å². The number of anilines is 1. The fourth-order valence-corrected chi connectivity index (χ4v) is 1.44. The Labute approximate surface area is 90.0 Å². The van der Waals surface area contributed by atoms with Gasteiger partial charge in [-0.15, -0.1) is 6.58 Å². The number of rotatable bonds is 4. The minimum absolute atomic E-state index is 0.438. The van der Waals surface area contributed by atoms with Crippen LogP contribution in [0, 0.1) is 17.2 Å². The van der Waals surface area contributed by atoms with Crippen LogP contribution in [0.4, 0.5) is 5.82 Å². The fraction of sp³-hybridized carbons (Fsp3) is 0.455. The second kappa shape index (κ2) is 4.65. The number of aromatic nitrogens is 2. The van der Waals surface area contributed by atoms with E-state index in [1.165, 1.54) is 0 Å². The summed E-state index contributed by atoms with van der Waals surface area (Å²) in [6, 6.07) is 2.11. The Bertz CT molecular complexity index is 395. The van der Waals surface area contributed by atoms with E-state index in [9.17, 15) is 0 Å². The number of nitrogens with two attached hydrogens (primary N) is 1. The maximum absolute atomic E-state index is 8.98. The molecule has 1 aromatic rings. The first-order valence-electron chi connectivity index (χ1n) is 4.96. The average molecular weight is 204 g/mol. The molecular formula is C11H16N4. The summed E-state index contributed by atoms with van der Waals surface area (Å²) in [6.07, 6.45) is 2.49. The molecule has 0 fully saturated rings. The molecule has 1 heterocycles. The van der Waals surface area contributed by atoms with Crippen molar-refractivity contribution in [1.82, 2.24) is 9.78 Å². The molecule has 0 aromatic carbocycles. The van der Waals surface area contributed by atoms with E-state index >= 15 is 0 Å². The molecule has 0 bridgehead atoms. The minimum atomic E-state index is 0.438. The quantitative estimate of drug-likeness (QED) is 0.759. The van der Waals surface area contributed by atoms with Crippen molar-refractivity contribution in [3.63, 3.8) is 0 Å². The van der Waals surface area contributed by atoms with Crippen LogP contribution in [0.15, 0.2) is 12.7 Å². The molecule has 0 saturated heterocycles. The fourth-order valence-electron chi connectivity index (χ4n) is 1.44. The van der Waals surface area contributed by atoms with Crippen LogP contribution < -0.4 is 5.73 Å². The smallest absolute Gasteiger partial charge is 0.140 e. The van der Waals surface area contributed by atoms with E-state index in [1.54, 1.807) is 10.8 Å². The van der Waals surface area contributed by atoms with Gasteiger partial charge in [-0.1, -0.05) is 19.9 Å². The van der Waals surface area contributed by atoms with Gasteiger partial charge in [-0.3, -0.25) is 0 Å². The predicted octanol–water partition coefficient (Wildman–Crippen LogP) is 1.72. The predicted molar refractivity (Wildman–Crippen MR) is 60.1 cm³/mol. The van der Waals surface area contributed by atoms with Crippen molar-refractivity contribution in [1.29, 1.82) is 5.26 Å². The van der Waals surface area contributed by atoms with E-state index in [0.29, 0.717) is 23.8 Å². The molecule has 0 aliphatic rings. The molecule has 0 atom stereocenters. The maximum atomic E-state index is 8.98. The summed E-state index contributed by atoms with van der Waals surface area (Å²) in [4.78, 5) is 0. The monoisotopic (exact) mass is 204 g/mol. The molecule has 0 spiro atoms. The van der Waals surface area contributed by atoms with E-state index in [4.69, 9.17) is 11.0 Å². The van der Waals surface area contributed by atoms with Gasteiger partial charge in [0.2, 0.25) is 0 Å². The maximum Gasteiger partial charge on any atom is 0.140 e. The van der Waals surface area contributed by atoms with Crippen LogP contribution in [0.2, 0.25) is 0 Å². The average Bonchev–Trinajstić information content (AvgIpc) is 2.43. The molecule has 0 unspecified atom stereocenters. The zero-order valence-corrected chi connectivity index (χ0v) is 9.20. The summed E-state index contributed by atoms with van der Waals surface area (Å²) < 4.78 is 1.61. The molecule has 80 valence electrons. The topological polar surface area (TPSA) is 67.6 Å². The van der Waals surface area contributed by atoms with Crippen molar-refractivity contribution in [3.05, 3.63) is 23.9 Å². The second-order valence-corrected chi connectivity index (χ2v) is 3.89. The summed E-state index contributed by atoms with van der Waals surface area (Å²) in [5.41, 5.74) is 7.10. The summed E-state index contributed by atoms with van der Waals surface area (Å²) in [6.45, 7) is 8.34. The number of hydrogen-bond donors (Lipinski definition) is 1. The Morgan fingerprint density at radius 1 is 1.67 bits per heavy atom. The second-order valence-electron chi connectivity index (χ2n) is 3.89. The Hall–Kier alpha value is -1.76. The summed E-state index contributed by atoms with van der Waals surface area (Å²) in [5, 5.41) is 13.3. The van der Waals surface area contributed by atoms with E-state index in [2.05, 4.69) is 31.6 Å². The summed E-state index contributed by atoms with van der Waals surface area (Å²) in [5.74, 6) is 0.900. The normalized spacial score (nSPS) is 10.3. The van der Waals surface area contributed by atoms with Crippen LogP contribution in [-0.2, 0) is 13.0 Å². The molecule has 4 nitrogen and oxygen atoms in total. The lowest BCUT2D eigenvalue weighted by atomic mass is 10.1. The highest BCUT2D eigenvalue weighted by Gasteiger charge is 2.15. The molecule has 1 aromatic heterocycles. The lowest BCUT2D eigenvalue weighted by molar-refractivity contribution is 0.612. The van der Waals surface area contributed by atoms with Crippen LogP contribution in [0.3, 0.4) is 0 Å². The van der Waals surface area contributed by atoms with E-state index in [1.807, 2.05) is 0 Å². The number of allylic oxidation sites excluding steroid dienone is 1. The van der Waals surface area contributed by atoms with Gasteiger partial charge in [0.15, 0.2) is 0 Å². The number of hydrogen-bond acceptors (Lipinski definition) is 3. The lowest BCUT2D eigenvalue weighted by Crippen LogP contribution is -2.03. The van der Waals surface area contributed by atoms with Crippen molar-refractivity contribution in [2.24, 2.45) is 5.92 Å². The van der Waals surface area contributed by atoms with Gasteiger partial charge in [-0.2, -0.15) is 10.4 Å².